The van der Waals surface area contributed by atoms with Crippen LogP contribution in [0.4, 0.5) is 20.8 Å². The molecule has 0 saturated carbocycles. The molecular formula is C31H31FN6O4. The number of benzene rings is 2. The number of alkyl halides is 1. The standard InChI is InChI=1S/C31H31FN6O4/c1-19-9-10-22-23(6-2-8-26(22)38-16-12-20(17-32)29(38)39)27(19)42-28-24(7-3-13-33-28)25-11-14-34-30(36-25)35-21-5-4-15-37(18-21)31(40)41/h2-3,6-11,13-14,20-21H,4-5,12,15-18H2,1H3,(H,40,41)(H,34,35,36)/t20-,21-/m0/s1. The smallest absolute Gasteiger partial charge is 0.407 e. The molecule has 2 fully saturated rings. The first-order valence-electron chi connectivity index (χ1n) is 14.0. The Morgan fingerprint density at radius 3 is 2.76 bits per heavy atom. The fraction of sp³-hybridized carbons (Fsp3) is 0.323. The largest absolute Gasteiger partial charge is 0.465 e. The van der Waals surface area contributed by atoms with Crippen molar-refractivity contribution < 1.29 is 23.8 Å². The predicted octanol–water partition coefficient (Wildman–Crippen LogP) is 5.67. The molecule has 2 aromatic heterocycles. The summed E-state index contributed by atoms with van der Waals surface area (Å²) in [7, 11) is 0. The highest BCUT2D eigenvalue weighted by Crippen LogP contribution is 2.40. The maximum absolute atomic E-state index is 13.4. The summed E-state index contributed by atoms with van der Waals surface area (Å²) >= 11 is 0. The quantitative estimate of drug-likeness (QED) is 0.292. The molecule has 0 aliphatic carbocycles. The van der Waals surface area contributed by atoms with Crippen molar-refractivity contribution in [2.45, 2.75) is 32.2 Å². The van der Waals surface area contributed by atoms with Crippen LogP contribution < -0.4 is 15.0 Å². The van der Waals surface area contributed by atoms with Gasteiger partial charge in [-0.25, -0.2) is 19.7 Å². The van der Waals surface area contributed by atoms with Crippen molar-refractivity contribution in [3.05, 3.63) is 66.5 Å². The van der Waals surface area contributed by atoms with Gasteiger partial charge >= 0.3 is 6.09 Å². The molecule has 4 heterocycles. The van der Waals surface area contributed by atoms with Crippen molar-refractivity contribution in [2.24, 2.45) is 5.92 Å². The van der Waals surface area contributed by atoms with E-state index in [-0.39, 0.29) is 11.9 Å². The van der Waals surface area contributed by atoms with Crippen LogP contribution in [-0.2, 0) is 4.79 Å². The Kier molecular flexibility index (Phi) is 7.56. The molecule has 10 nitrogen and oxygen atoms in total. The van der Waals surface area contributed by atoms with Gasteiger partial charge in [0.2, 0.25) is 17.7 Å². The van der Waals surface area contributed by atoms with E-state index in [4.69, 9.17) is 9.72 Å². The number of rotatable bonds is 7. The summed E-state index contributed by atoms with van der Waals surface area (Å²) < 4.78 is 19.9. The summed E-state index contributed by atoms with van der Waals surface area (Å²) in [6.07, 6.45) is 4.43. The summed E-state index contributed by atoms with van der Waals surface area (Å²) in [6, 6.07) is 14.9. The van der Waals surface area contributed by atoms with Crippen molar-refractivity contribution in [1.29, 1.82) is 0 Å². The third kappa shape index (κ3) is 5.29. The Hall–Kier alpha value is -4.80. The molecule has 2 atom stereocenters. The fourth-order valence-electron chi connectivity index (χ4n) is 5.71. The Morgan fingerprint density at radius 2 is 1.95 bits per heavy atom. The topological polar surface area (TPSA) is 121 Å². The molecule has 2 amide bonds. The van der Waals surface area contributed by atoms with Crippen molar-refractivity contribution >= 4 is 34.4 Å². The first-order chi connectivity index (χ1) is 20.4. The van der Waals surface area contributed by atoms with Crippen molar-refractivity contribution in [1.82, 2.24) is 19.9 Å². The van der Waals surface area contributed by atoms with E-state index in [1.807, 2.05) is 43.3 Å². The number of fused-ring (bicyclic) bond motifs is 1. The van der Waals surface area contributed by atoms with Gasteiger partial charge in [-0.2, -0.15) is 0 Å². The lowest BCUT2D eigenvalue weighted by Crippen LogP contribution is -2.44. The summed E-state index contributed by atoms with van der Waals surface area (Å²) in [5, 5.41) is 14.3. The summed E-state index contributed by atoms with van der Waals surface area (Å²) in [6.45, 7) is 2.65. The molecule has 0 unspecified atom stereocenters. The highest BCUT2D eigenvalue weighted by atomic mass is 19.1. The number of carboxylic acid groups (broad SMARTS) is 1. The zero-order chi connectivity index (χ0) is 29.2. The molecule has 4 aromatic rings. The van der Waals surface area contributed by atoms with Crippen LogP contribution in [0.25, 0.3) is 22.0 Å². The van der Waals surface area contributed by atoms with E-state index in [0.29, 0.717) is 54.9 Å². The van der Waals surface area contributed by atoms with Gasteiger partial charge in [-0.3, -0.25) is 9.18 Å². The lowest BCUT2D eigenvalue weighted by Gasteiger charge is -2.31. The van der Waals surface area contributed by atoms with Gasteiger partial charge in [0.05, 0.1) is 22.9 Å². The molecule has 11 heteroatoms. The lowest BCUT2D eigenvalue weighted by atomic mass is 10.0. The number of nitrogens with zero attached hydrogens (tertiary/aromatic N) is 5. The van der Waals surface area contributed by atoms with Gasteiger partial charge in [0.1, 0.15) is 12.4 Å². The molecule has 0 radical (unpaired) electrons. The minimum absolute atomic E-state index is 0.0927. The second kappa shape index (κ2) is 11.6. The summed E-state index contributed by atoms with van der Waals surface area (Å²) in [5.74, 6) is 0.558. The maximum atomic E-state index is 13.4. The number of amides is 2. The average Bonchev–Trinajstić information content (AvgIpc) is 3.38. The maximum Gasteiger partial charge on any atom is 0.407 e. The number of hydrogen-bond acceptors (Lipinski definition) is 7. The van der Waals surface area contributed by atoms with E-state index in [9.17, 15) is 19.1 Å². The number of carbonyl (C=O) groups is 2. The molecule has 216 valence electrons. The number of hydrogen-bond donors (Lipinski definition) is 2. The number of carbonyl (C=O) groups excluding carboxylic acids is 1. The first-order valence-corrected chi connectivity index (χ1v) is 14.0. The minimum atomic E-state index is -0.930. The van der Waals surface area contributed by atoms with Crippen LogP contribution >= 0.6 is 0 Å². The van der Waals surface area contributed by atoms with E-state index >= 15 is 0 Å². The monoisotopic (exact) mass is 570 g/mol. The van der Waals surface area contributed by atoms with Crippen LogP contribution in [0.1, 0.15) is 24.8 Å². The van der Waals surface area contributed by atoms with Crippen LogP contribution in [-0.4, -0.2) is 69.3 Å². The van der Waals surface area contributed by atoms with Crippen LogP contribution in [0.15, 0.2) is 60.9 Å². The van der Waals surface area contributed by atoms with E-state index in [1.165, 1.54) is 4.90 Å². The number of aryl methyl sites for hydroxylation is 1. The van der Waals surface area contributed by atoms with E-state index in [1.54, 1.807) is 29.4 Å². The zero-order valence-corrected chi connectivity index (χ0v) is 23.2. The molecule has 2 aromatic carbocycles. The lowest BCUT2D eigenvalue weighted by molar-refractivity contribution is -0.120. The number of nitrogens with one attached hydrogen (secondary N) is 1. The van der Waals surface area contributed by atoms with Gasteiger partial charge in [0.25, 0.3) is 0 Å². The third-order valence-electron chi connectivity index (χ3n) is 7.91. The highest BCUT2D eigenvalue weighted by molar-refractivity contribution is 6.07. The van der Waals surface area contributed by atoms with Gasteiger partial charge in [-0.1, -0.05) is 24.3 Å². The second-order valence-electron chi connectivity index (χ2n) is 10.6. The van der Waals surface area contributed by atoms with E-state index in [2.05, 4.69) is 15.3 Å². The number of aromatic nitrogens is 3. The second-order valence-corrected chi connectivity index (χ2v) is 10.6. The number of likely N-dealkylation sites (tertiary alicyclic amines) is 1. The Labute approximate surface area is 242 Å². The summed E-state index contributed by atoms with van der Waals surface area (Å²) in [5.41, 5.74) is 2.87. The molecule has 2 aliphatic rings. The molecular weight excluding hydrogens is 539 g/mol. The fourth-order valence-corrected chi connectivity index (χ4v) is 5.71. The van der Waals surface area contributed by atoms with Crippen molar-refractivity contribution in [2.75, 3.05) is 36.5 Å². The first kappa shape index (κ1) is 27.4. The van der Waals surface area contributed by atoms with Gasteiger partial charge in [-0.05, 0) is 56.0 Å². The Bertz CT molecular complexity index is 1650. The summed E-state index contributed by atoms with van der Waals surface area (Å²) in [4.78, 5) is 40.9. The van der Waals surface area contributed by atoms with Gasteiger partial charge in [0.15, 0.2) is 0 Å². The SMILES string of the molecule is Cc1ccc2c(N3CC[C@@H](CF)C3=O)cccc2c1Oc1ncccc1-c1ccnc(N[C@H]2CCCN(C(=O)O)C2)n1. The molecule has 42 heavy (non-hydrogen) atoms. The average molecular weight is 571 g/mol. The van der Waals surface area contributed by atoms with Crippen LogP contribution in [0.2, 0.25) is 0 Å². The molecule has 6 rings (SSSR count). The number of ether oxygens (including phenoxy) is 1. The van der Waals surface area contributed by atoms with E-state index < -0.39 is 18.7 Å². The highest BCUT2D eigenvalue weighted by Gasteiger charge is 2.33. The molecule has 0 spiro atoms. The number of piperidine rings is 1. The molecule has 2 saturated heterocycles. The number of halogens is 1. The van der Waals surface area contributed by atoms with Crippen LogP contribution in [0.5, 0.6) is 11.6 Å². The third-order valence-corrected chi connectivity index (χ3v) is 7.91. The Balaban J connectivity index is 1.31. The molecule has 0 bridgehead atoms. The van der Waals surface area contributed by atoms with Crippen molar-refractivity contribution in [3.63, 3.8) is 0 Å². The minimum Gasteiger partial charge on any atom is -0.465 e. The van der Waals surface area contributed by atoms with Gasteiger partial charge in [-0.15, -0.1) is 0 Å². The van der Waals surface area contributed by atoms with Crippen molar-refractivity contribution in [3.8, 4) is 22.9 Å². The van der Waals surface area contributed by atoms with Gasteiger partial charge in [0, 0.05) is 48.8 Å². The van der Waals surface area contributed by atoms with Crippen LogP contribution in [0.3, 0.4) is 0 Å². The van der Waals surface area contributed by atoms with Gasteiger partial charge < -0.3 is 25.0 Å². The molecule has 2 N–H and O–H groups in total. The molecule has 2 aliphatic heterocycles. The number of anilines is 2. The zero-order valence-electron chi connectivity index (χ0n) is 23.2. The van der Waals surface area contributed by atoms with Crippen LogP contribution in [0, 0.1) is 12.8 Å². The predicted molar refractivity (Wildman–Crippen MR) is 157 cm³/mol. The normalized spacial score (nSPS) is 18.9. The Morgan fingerprint density at radius 1 is 1.07 bits per heavy atom. The number of pyridine rings is 1. The van der Waals surface area contributed by atoms with E-state index in [0.717, 1.165) is 34.9 Å².